The number of aliphatic carboxylic acids is 3. The summed E-state index contributed by atoms with van der Waals surface area (Å²) in [5.74, 6) is -5.47. The largest absolute Gasteiger partial charge is 3.00 e. The predicted molar refractivity (Wildman–Crippen MR) is 81.2 cm³/mol. The van der Waals surface area contributed by atoms with Crippen molar-refractivity contribution in [1.82, 2.24) is 16.0 Å². The maximum absolute atomic E-state index is 10.2. The van der Waals surface area contributed by atoms with Crippen LogP contribution < -0.4 is 48.5 Å². The van der Waals surface area contributed by atoms with Crippen molar-refractivity contribution in [2.75, 3.05) is 39.3 Å². The third kappa shape index (κ3) is 34.5. The first-order chi connectivity index (χ1) is 12.5. The zero-order chi connectivity index (χ0) is 21.8. The normalized spacial score (nSPS) is 8.25. The van der Waals surface area contributed by atoms with Crippen LogP contribution in [0.2, 0.25) is 0 Å². The van der Waals surface area contributed by atoms with Gasteiger partial charge in [-0.2, -0.15) is 0 Å². The van der Waals surface area contributed by atoms with E-state index in [1.165, 1.54) is 0 Å². The van der Waals surface area contributed by atoms with E-state index >= 15 is 0 Å². The molecule has 0 saturated carbocycles. The average molecular weight is 449 g/mol. The second-order valence-corrected chi connectivity index (χ2v) is 4.06. The molecule has 28 heavy (non-hydrogen) atoms. The zero-order valence-electron chi connectivity index (χ0n) is 14.5. The van der Waals surface area contributed by atoms with E-state index in [-0.39, 0.29) is 36.7 Å². The quantitative estimate of drug-likeness (QED) is 0.179. The summed E-state index contributed by atoms with van der Waals surface area (Å²) in [5.41, 5.74) is 14.5. The van der Waals surface area contributed by atoms with Gasteiger partial charge in [0, 0.05) is 0 Å². The third-order valence-corrected chi connectivity index (χ3v) is 1.85. The summed E-state index contributed by atoms with van der Waals surface area (Å²) < 4.78 is 0. The Bertz CT molecular complexity index is 446. The Morgan fingerprint density at radius 2 is 0.714 bits per heavy atom. The molecule has 0 aromatic heterocycles. The predicted octanol–water partition coefficient (Wildman–Crippen LogP) is -9.57. The van der Waals surface area contributed by atoms with Crippen LogP contribution in [0, 0.1) is 0 Å². The second kappa shape index (κ2) is 22.3. The van der Waals surface area contributed by atoms with Crippen molar-refractivity contribution in [3.63, 3.8) is 0 Å². The van der Waals surface area contributed by atoms with Crippen molar-refractivity contribution >= 4 is 35.6 Å². The van der Waals surface area contributed by atoms with Gasteiger partial charge in [0.05, 0.1) is 57.2 Å². The molecule has 0 aromatic rings. The van der Waals surface area contributed by atoms with Crippen LogP contribution in [0.3, 0.4) is 0 Å². The Morgan fingerprint density at radius 3 is 0.821 bits per heavy atom. The molecule has 0 aliphatic rings. The van der Waals surface area contributed by atoms with Crippen molar-refractivity contribution < 1.29 is 61.2 Å². The number of nitrogens with one attached hydrogen (secondary N) is 3. The van der Waals surface area contributed by atoms with Gasteiger partial charge in [-0.15, -0.1) is 0 Å². The van der Waals surface area contributed by atoms with Gasteiger partial charge >= 0.3 is 17.1 Å². The minimum atomic E-state index is -1.32. The molecule has 0 fully saturated rings. The van der Waals surface area contributed by atoms with Gasteiger partial charge in [0.25, 0.3) is 0 Å². The molecule has 0 aliphatic carbocycles. The molecule has 0 aromatic carbocycles. The number of carbonyl (C=O) groups excluding carboxylic acids is 6. The number of rotatable bonds is 9. The Balaban J connectivity index is -0.000000152. The van der Waals surface area contributed by atoms with Gasteiger partial charge in [-0.1, -0.05) is 0 Å². The van der Waals surface area contributed by atoms with Crippen LogP contribution in [-0.2, 0) is 45.8 Å². The number of hydrogen-bond donors (Lipinski definition) is 6. The summed E-state index contributed by atoms with van der Waals surface area (Å²) in [6.07, 6.45) is 0. The van der Waals surface area contributed by atoms with Crippen LogP contribution in [0.15, 0.2) is 0 Å². The summed E-state index contributed by atoms with van der Waals surface area (Å²) >= 11 is 0. The Hall–Kier alpha value is -2.78. The molecule has 0 spiro atoms. The molecule has 0 rings (SSSR count). The molecule has 15 nitrogen and oxygen atoms in total. The standard InChI is InChI=1S/3C4H8N2O3.Fe/c3*5-1-3(7)6-2-4(8)9;/h3*1-2,5H2,(H,6,7)(H,8,9);/q;;;+3/p-3. The first-order valence-corrected chi connectivity index (χ1v) is 6.99. The number of hydrogen-bond acceptors (Lipinski definition) is 12. The fourth-order valence-corrected chi connectivity index (χ4v) is 0.729. The SMILES string of the molecule is NCC(=O)NCC(=O)[O-].NCC(=O)NCC(=O)[O-].NCC(=O)NCC(=O)[O-].[Fe+3]. The topological polar surface area (TPSA) is 286 Å². The van der Waals surface area contributed by atoms with E-state index in [0.29, 0.717) is 0 Å². The maximum atomic E-state index is 10.2. The van der Waals surface area contributed by atoms with Crippen LogP contribution >= 0.6 is 0 Å². The van der Waals surface area contributed by atoms with Gasteiger partial charge in [-0.05, 0) is 0 Å². The summed E-state index contributed by atoms with van der Waals surface area (Å²) in [6, 6.07) is 0. The van der Waals surface area contributed by atoms with E-state index in [9.17, 15) is 44.1 Å². The first kappa shape index (κ1) is 32.9. The molecule has 9 N–H and O–H groups in total. The fraction of sp³-hybridized carbons (Fsp3) is 0.500. The van der Waals surface area contributed by atoms with Crippen molar-refractivity contribution in [1.29, 1.82) is 0 Å². The van der Waals surface area contributed by atoms with Crippen LogP contribution in [0.25, 0.3) is 0 Å². The maximum Gasteiger partial charge on any atom is 3.00 e. The van der Waals surface area contributed by atoms with E-state index in [2.05, 4.69) is 0 Å². The van der Waals surface area contributed by atoms with Gasteiger partial charge in [0.2, 0.25) is 17.7 Å². The smallest absolute Gasteiger partial charge is 0.548 e. The minimum absolute atomic E-state index is 0. The van der Waals surface area contributed by atoms with Crippen molar-refractivity contribution in [2.24, 2.45) is 17.2 Å². The number of carboxylic acids is 3. The van der Waals surface area contributed by atoms with Gasteiger partial charge in [0.1, 0.15) is 0 Å². The van der Waals surface area contributed by atoms with Gasteiger partial charge in [-0.25, -0.2) is 0 Å². The fourth-order valence-electron chi connectivity index (χ4n) is 0.729. The molecule has 0 heterocycles. The van der Waals surface area contributed by atoms with Gasteiger partial charge in [-0.3, -0.25) is 14.4 Å². The van der Waals surface area contributed by atoms with Crippen LogP contribution in [0.4, 0.5) is 0 Å². The summed E-state index contributed by atoms with van der Waals surface area (Å²) in [5, 5.41) is 35.0. The Kier molecular flexibility index (Phi) is 26.1. The molecular weight excluding hydrogens is 428 g/mol. The molecule has 16 heteroatoms. The van der Waals surface area contributed by atoms with Gasteiger partial charge < -0.3 is 62.9 Å². The molecular formula is C12H21FeN6O9. The summed E-state index contributed by atoms with van der Waals surface area (Å²) in [4.78, 5) is 59.5. The molecule has 161 valence electrons. The Morgan fingerprint density at radius 1 is 0.536 bits per heavy atom. The molecule has 0 aliphatic heterocycles. The summed E-state index contributed by atoms with van der Waals surface area (Å²) in [6.45, 7) is -2.03. The van der Waals surface area contributed by atoms with Crippen molar-refractivity contribution in [3.05, 3.63) is 0 Å². The van der Waals surface area contributed by atoms with Crippen LogP contribution in [0.1, 0.15) is 0 Å². The van der Waals surface area contributed by atoms with Crippen molar-refractivity contribution in [3.8, 4) is 0 Å². The summed E-state index contributed by atoms with van der Waals surface area (Å²) in [7, 11) is 0. The van der Waals surface area contributed by atoms with E-state index in [4.69, 9.17) is 17.2 Å². The number of carbonyl (C=O) groups is 6. The molecule has 0 bridgehead atoms. The first-order valence-electron chi connectivity index (χ1n) is 6.99. The molecule has 3 amide bonds. The number of carboxylic acid groups (broad SMARTS) is 3. The average Bonchev–Trinajstić information content (AvgIpc) is 2.62. The molecule has 0 unspecified atom stereocenters. The van der Waals surface area contributed by atoms with E-state index in [1.54, 1.807) is 0 Å². The van der Waals surface area contributed by atoms with E-state index in [1.807, 2.05) is 16.0 Å². The van der Waals surface area contributed by atoms with E-state index in [0.717, 1.165) is 0 Å². The van der Waals surface area contributed by atoms with Gasteiger partial charge in [0.15, 0.2) is 0 Å². The van der Waals surface area contributed by atoms with Crippen LogP contribution in [-0.4, -0.2) is 74.9 Å². The number of amides is 3. The zero-order valence-corrected chi connectivity index (χ0v) is 15.6. The molecule has 0 atom stereocenters. The second-order valence-electron chi connectivity index (χ2n) is 4.06. The van der Waals surface area contributed by atoms with E-state index < -0.39 is 55.3 Å². The number of nitrogens with two attached hydrogens (primary N) is 3. The van der Waals surface area contributed by atoms with Crippen molar-refractivity contribution in [2.45, 2.75) is 0 Å². The Labute approximate surface area is 169 Å². The monoisotopic (exact) mass is 449 g/mol. The molecule has 0 saturated heterocycles. The minimum Gasteiger partial charge on any atom is -0.548 e. The van der Waals surface area contributed by atoms with Crippen LogP contribution in [0.5, 0.6) is 0 Å². The molecule has 1 radical (unpaired) electrons. The third-order valence-electron chi connectivity index (χ3n) is 1.85.